The van der Waals surface area contributed by atoms with Gasteiger partial charge in [-0.25, -0.2) is 4.98 Å². The molecule has 2 aromatic carbocycles. The zero-order valence-corrected chi connectivity index (χ0v) is 19.4. The summed E-state index contributed by atoms with van der Waals surface area (Å²) in [7, 11) is 1.42. The lowest BCUT2D eigenvalue weighted by molar-refractivity contribution is -0.139. The molecule has 0 radical (unpaired) electrons. The Bertz CT molecular complexity index is 1210. The number of carbonyl (C=O) groups is 2. The highest BCUT2D eigenvalue weighted by molar-refractivity contribution is 9.10. The van der Waals surface area contributed by atoms with Gasteiger partial charge in [0.15, 0.2) is 11.5 Å². The van der Waals surface area contributed by atoms with Gasteiger partial charge in [0, 0.05) is 35.5 Å². The summed E-state index contributed by atoms with van der Waals surface area (Å²) < 4.78 is 7.93. The van der Waals surface area contributed by atoms with Crippen LogP contribution in [0.4, 0.5) is 0 Å². The zero-order chi connectivity index (χ0) is 23.5. The van der Waals surface area contributed by atoms with Crippen LogP contribution in [0.1, 0.15) is 23.6 Å². The number of aromatic nitrogens is 2. The third kappa shape index (κ3) is 4.49. The van der Waals surface area contributed by atoms with E-state index in [0.717, 1.165) is 4.47 Å². The van der Waals surface area contributed by atoms with E-state index in [9.17, 15) is 19.8 Å². The second-order valence-corrected chi connectivity index (χ2v) is 8.50. The smallest absolute Gasteiger partial charge is 0.295 e. The number of phenols is 1. The molecular weight excluding hydrogens is 490 g/mol. The number of benzene rings is 2. The van der Waals surface area contributed by atoms with Gasteiger partial charge in [0.05, 0.1) is 25.1 Å². The number of ketones is 1. The van der Waals surface area contributed by atoms with Crippen molar-refractivity contribution in [1.82, 2.24) is 14.5 Å². The monoisotopic (exact) mass is 511 g/mol. The van der Waals surface area contributed by atoms with E-state index >= 15 is 0 Å². The molecule has 1 amide bonds. The molecule has 2 N–H and O–H groups in total. The number of aliphatic hydroxyl groups excluding tert-OH is 1. The SMILES string of the molecule is COc1cc(C2/C(=C(/O)c3ccc(Br)cc3)C(=O)C(=O)N2CCCn2ccnc2)ccc1O. The van der Waals surface area contributed by atoms with Crippen LogP contribution in [0.25, 0.3) is 5.76 Å². The molecule has 3 aromatic rings. The molecule has 1 saturated heterocycles. The fraction of sp³-hybridized carbons (Fsp3) is 0.208. The highest BCUT2D eigenvalue weighted by Gasteiger charge is 2.46. The topological polar surface area (TPSA) is 105 Å². The van der Waals surface area contributed by atoms with Crippen molar-refractivity contribution in [2.75, 3.05) is 13.7 Å². The first-order valence-electron chi connectivity index (χ1n) is 10.3. The van der Waals surface area contributed by atoms with Gasteiger partial charge in [-0.1, -0.05) is 34.1 Å². The Kier molecular flexibility index (Phi) is 6.50. The molecule has 170 valence electrons. The molecule has 1 atom stereocenters. The lowest BCUT2D eigenvalue weighted by atomic mass is 9.95. The average molecular weight is 512 g/mol. The van der Waals surface area contributed by atoms with Crippen LogP contribution in [-0.2, 0) is 16.1 Å². The molecule has 0 spiro atoms. The first-order valence-corrected chi connectivity index (χ1v) is 11.1. The molecule has 8 nitrogen and oxygen atoms in total. The number of hydrogen-bond acceptors (Lipinski definition) is 6. The maximum absolute atomic E-state index is 13.1. The van der Waals surface area contributed by atoms with E-state index in [1.165, 1.54) is 18.1 Å². The number of nitrogens with zero attached hydrogens (tertiary/aromatic N) is 3. The van der Waals surface area contributed by atoms with Gasteiger partial charge in [0.2, 0.25) is 0 Å². The fourth-order valence-corrected chi connectivity index (χ4v) is 4.19. The summed E-state index contributed by atoms with van der Waals surface area (Å²) in [5, 5.41) is 21.1. The summed E-state index contributed by atoms with van der Waals surface area (Å²) in [4.78, 5) is 31.6. The average Bonchev–Trinajstić information content (AvgIpc) is 3.42. The van der Waals surface area contributed by atoms with Crippen LogP contribution in [0.3, 0.4) is 0 Å². The molecule has 2 heterocycles. The summed E-state index contributed by atoms with van der Waals surface area (Å²) in [5.74, 6) is -1.55. The minimum atomic E-state index is -0.828. The number of carbonyl (C=O) groups excluding carboxylic acids is 2. The van der Waals surface area contributed by atoms with Gasteiger partial charge in [-0.15, -0.1) is 0 Å². The molecule has 1 unspecified atom stereocenters. The van der Waals surface area contributed by atoms with Crippen molar-refractivity contribution >= 4 is 33.4 Å². The van der Waals surface area contributed by atoms with Crippen molar-refractivity contribution in [3.8, 4) is 11.5 Å². The van der Waals surface area contributed by atoms with Crippen molar-refractivity contribution in [2.24, 2.45) is 0 Å². The Morgan fingerprint density at radius 2 is 1.91 bits per heavy atom. The number of aromatic hydroxyl groups is 1. The number of likely N-dealkylation sites (tertiary alicyclic amines) is 1. The Hall–Kier alpha value is -3.59. The van der Waals surface area contributed by atoms with E-state index in [-0.39, 0.29) is 29.4 Å². The van der Waals surface area contributed by atoms with Crippen LogP contribution >= 0.6 is 15.9 Å². The molecule has 33 heavy (non-hydrogen) atoms. The number of hydrogen-bond donors (Lipinski definition) is 2. The van der Waals surface area contributed by atoms with E-state index < -0.39 is 17.7 Å². The molecule has 1 fully saturated rings. The molecule has 4 rings (SSSR count). The second-order valence-electron chi connectivity index (χ2n) is 7.58. The van der Waals surface area contributed by atoms with Gasteiger partial charge in [0.1, 0.15) is 5.76 Å². The van der Waals surface area contributed by atoms with E-state index in [0.29, 0.717) is 24.1 Å². The maximum Gasteiger partial charge on any atom is 0.295 e. The fourth-order valence-electron chi connectivity index (χ4n) is 3.93. The minimum absolute atomic E-state index is 0.00213. The molecule has 9 heteroatoms. The summed E-state index contributed by atoms with van der Waals surface area (Å²) in [6.07, 6.45) is 5.76. The number of aryl methyl sites for hydroxylation is 1. The number of ether oxygens (including phenoxy) is 1. The number of methoxy groups -OCH3 is 1. The normalized spacial score (nSPS) is 17.5. The number of rotatable bonds is 7. The summed E-state index contributed by atoms with van der Waals surface area (Å²) in [5.41, 5.74) is 0.966. The predicted molar refractivity (Wildman–Crippen MR) is 125 cm³/mol. The lowest BCUT2D eigenvalue weighted by Gasteiger charge is -2.26. The van der Waals surface area contributed by atoms with Crippen molar-refractivity contribution in [3.63, 3.8) is 0 Å². The Morgan fingerprint density at radius 3 is 2.58 bits per heavy atom. The largest absolute Gasteiger partial charge is 0.507 e. The first-order chi connectivity index (χ1) is 15.9. The van der Waals surface area contributed by atoms with Crippen molar-refractivity contribution in [2.45, 2.75) is 19.0 Å². The number of Topliss-reactive ketones (excluding diaryl/α,β-unsaturated/α-hetero) is 1. The number of amides is 1. The van der Waals surface area contributed by atoms with Crippen LogP contribution in [0.2, 0.25) is 0 Å². The molecule has 0 saturated carbocycles. The first kappa shape index (κ1) is 22.6. The minimum Gasteiger partial charge on any atom is -0.507 e. The maximum atomic E-state index is 13.1. The summed E-state index contributed by atoms with van der Waals surface area (Å²) in [6.45, 7) is 0.898. The molecular formula is C24H22BrN3O5. The van der Waals surface area contributed by atoms with Crippen LogP contribution in [0.5, 0.6) is 11.5 Å². The highest BCUT2D eigenvalue weighted by atomic mass is 79.9. The van der Waals surface area contributed by atoms with Gasteiger partial charge in [-0.2, -0.15) is 0 Å². The predicted octanol–water partition coefficient (Wildman–Crippen LogP) is 3.87. The van der Waals surface area contributed by atoms with E-state index in [4.69, 9.17) is 4.74 Å². The molecule has 1 aromatic heterocycles. The molecule has 1 aliphatic rings. The molecule has 0 aliphatic carbocycles. The quantitative estimate of drug-likeness (QED) is 0.283. The van der Waals surface area contributed by atoms with E-state index in [1.807, 2.05) is 10.8 Å². The zero-order valence-electron chi connectivity index (χ0n) is 17.8. The molecule has 0 bridgehead atoms. The standard InChI is InChI=1S/C24H22BrN3O5/c1-33-19-13-16(5-8-18(19)29)21-20(22(30)15-3-6-17(25)7-4-15)23(31)24(32)28(21)11-2-10-27-12-9-26-14-27/h3-9,12-14,21,29-30H,2,10-11H2,1H3/b22-20-. The van der Waals surface area contributed by atoms with Crippen molar-refractivity contribution < 1.29 is 24.5 Å². The Balaban J connectivity index is 1.76. The van der Waals surface area contributed by atoms with Gasteiger partial charge in [-0.3, -0.25) is 9.59 Å². The van der Waals surface area contributed by atoms with E-state index in [1.54, 1.807) is 48.9 Å². The van der Waals surface area contributed by atoms with E-state index in [2.05, 4.69) is 20.9 Å². The van der Waals surface area contributed by atoms with Crippen LogP contribution < -0.4 is 4.74 Å². The second kappa shape index (κ2) is 9.50. The van der Waals surface area contributed by atoms with Crippen molar-refractivity contribution in [3.05, 3.63) is 82.4 Å². The van der Waals surface area contributed by atoms with Crippen LogP contribution in [-0.4, -0.2) is 50.0 Å². The van der Waals surface area contributed by atoms with Gasteiger partial charge in [0.25, 0.3) is 11.7 Å². The Morgan fingerprint density at radius 1 is 1.15 bits per heavy atom. The molecule has 1 aliphatic heterocycles. The third-order valence-electron chi connectivity index (χ3n) is 5.55. The lowest BCUT2D eigenvalue weighted by Crippen LogP contribution is -2.31. The number of aliphatic hydroxyl groups is 1. The number of halogens is 1. The van der Waals surface area contributed by atoms with Crippen LogP contribution in [0.15, 0.2) is 71.2 Å². The Labute approximate surface area is 198 Å². The number of phenolic OH excluding ortho intramolecular Hbond substituents is 1. The van der Waals surface area contributed by atoms with Gasteiger partial charge >= 0.3 is 0 Å². The number of imidazole rings is 1. The third-order valence-corrected chi connectivity index (χ3v) is 6.08. The van der Waals surface area contributed by atoms with Crippen LogP contribution in [0, 0.1) is 0 Å². The van der Waals surface area contributed by atoms with Gasteiger partial charge < -0.3 is 24.4 Å². The van der Waals surface area contributed by atoms with Gasteiger partial charge in [-0.05, 0) is 36.2 Å². The van der Waals surface area contributed by atoms with Crippen molar-refractivity contribution in [1.29, 1.82) is 0 Å². The summed E-state index contributed by atoms with van der Waals surface area (Å²) in [6, 6.07) is 10.6. The summed E-state index contributed by atoms with van der Waals surface area (Å²) >= 11 is 3.35. The highest BCUT2D eigenvalue weighted by Crippen LogP contribution is 2.41.